The van der Waals surface area contributed by atoms with E-state index in [-0.39, 0.29) is 11.5 Å². The second-order valence-corrected chi connectivity index (χ2v) is 5.97. The quantitative estimate of drug-likeness (QED) is 0.613. The van der Waals surface area contributed by atoms with Gasteiger partial charge in [0.1, 0.15) is 23.1 Å². The van der Waals surface area contributed by atoms with Gasteiger partial charge < -0.3 is 10.1 Å². The maximum Gasteiger partial charge on any atom is 0.244 e. The Labute approximate surface area is 161 Å². The van der Waals surface area contributed by atoms with E-state index in [9.17, 15) is 13.6 Å². The van der Waals surface area contributed by atoms with Crippen molar-refractivity contribution in [1.29, 1.82) is 0 Å². The second-order valence-electron chi connectivity index (χ2n) is 5.97. The van der Waals surface area contributed by atoms with Gasteiger partial charge in [0.15, 0.2) is 0 Å². The molecule has 142 valence electrons. The third-order valence-electron chi connectivity index (χ3n) is 3.87. The maximum atomic E-state index is 13.5. The zero-order chi connectivity index (χ0) is 19.8. The van der Waals surface area contributed by atoms with Crippen LogP contribution in [0, 0.1) is 11.6 Å². The van der Waals surface area contributed by atoms with Gasteiger partial charge in [-0.3, -0.25) is 9.78 Å². The van der Waals surface area contributed by atoms with E-state index >= 15 is 0 Å². The van der Waals surface area contributed by atoms with E-state index in [0.29, 0.717) is 24.5 Å². The molecule has 1 N–H and O–H groups in total. The molecule has 0 fully saturated rings. The summed E-state index contributed by atoms with van der Waals surface area (Å²) in [4.78, 5) is 15.8. The van der Waals surface area contributed by atoms with Crippen LogP contribution < -0.4 is 10.1 Å². The molecule has 0 saturated heterocycles. The van der Waals surface area contributed by atoms with Crippen LogP contribution in [0.4, 0.5) is 8.78 Å². The molecule has 1 amide bonds. The number of carbonyl (C=O) groups is 1. The molecule has 0 aliphatic carbocycles. The van der Waals surface area contributed by atoms with Gasteiger partial charge in [0, 0.05) is 36.6 Å². The van der Waals surface area contributed by atoms with Crippen molar-refractivity contribution in [1.82, 2.24) is 10.3 Å². The Morgan fingerprint density at radius 1 is 1.04 bits per heavy atom. The number of benzene rings is 2. The average Bonchev–Trinajstić information content (AvgIpc) is 2.68. The summed E-state index contributed by atoms with van der Waals surface area (Å²) in [6, 6.07) is 14.3. The highest BCUT2D eigenvalue weighted by molar-refractivity contribution is 5.91. The summed E-state index contributed by atoms with van der Waals surface area (Å²) in [7, 11) is 0. The summed E-state index contributed by atoms with van der Waals surface area (Å²) >= 11 is 0. The number of pyridine rings is 1. The number of rotatable bonds is 7. The highest BCUT2D eigenvalue weighted by atomic mass is 19.1. The predicted molar refractivity (Wildman–Crippen MR) is 103 cm³/mol. The van der Waals surface area contributed by atoms with Crippen LogP contribution in [0.3, 0.4) is 0 Å². The minimum absolute atomic E-state index is 0.150. The molecule has 28 heavy (non-hydrogen) atoms. The van der Waals surface area contributed by atoms with Gasteiger partial charge in [-0.1, -0.05) is 12.1 Å². The van der Waals surface area contributed by atoms with Crippen molar-refractivity contribution in [3.05, 3.63) is 95.8 Å². The number of ether oxygens (including phenoxy) is 1. The van der Waals surface area contributed by atoms with E-state index in [1.54, 1.807) is 24.5 Å². The van der Waals surface area contributed by atoms with Crippen molar-refractivity contribution in [2.45, 2.75) is 6.42 Å². The molecule has 0 spiro atoms. The largest absolute Gasteiger partial charge is 0.457 e. The van der Waals surface area contributed by atoms with E-state index in [4.69, 9.17) is 4.74 Å². The van der Waals surface area contributed by atoms with Crippen LogP contribution in [0.25, 0.3) is 6.08 Å². The highest BCUT2D eigenvalue weighted by Gasteiger charge is 2.03. The number of nitrogens with zero attached hydrogens (tertiary/aromatic N) is 1. The van der Waals surface area contributed by atoms with Crippen LogP contribution >= 0.6 is 0 Å². The summed E-state index contributed by atoms with van der Waals surface area (Å²) < 4.78 is 32.2. The van der Waals surface area contributed by atoms with E-state index in [1.807, 2.05) is 24.3 Å². The van der Waals surface area contributed by atoms with Crippen LogP contribution in [0.1, 0.15) is 11.1 Å². The summed E-state index contributed by atoms with van der Waals surface area (Å²) in [6.45, 7) is 0.410. The molecule has 0 unspecified atom stereocenters. The van der Waals surface area contributed by atoms with Gasteiger partial charge in [-0.05, 0) is 54.5 Å². The zero-order valence-electron chi connectivity index (χ0n) is 14.9. The summed E-state index contributed by atoms with van der Waals surface area (Å²) in [6.07, 6.45) is 6.45. The highest BCUT2D eigenvalue weighted by Crippen LogP contribution is 2.21. The first kappa shape index (κ1) is 19.2. The average molecular weight is 380 g/mol. The van der Waals surface area contributed by atoms with E-state index in [2.05, 4.69) is 10.3 Å². The molecule has 0 atom stereocenters. The molecular formula is C22H18F2N2O2. The molecule has 6 heteroatoms. The van der Waals surface area contributed by atoms with Crippen LogP contribution in [0.5, 0.6) is 11.5 Å². The monoisotopic (exact) mass is 380 g/mol. The SMILES string of the molecule is O=C(C=Cc1ccc(F)cc1F)NCCc1cccc(Oc2ccncc2)c1. The fourth-order valence-electron chi connectivity index (χ4n) is 2.50. The number of hydrogen-bond donors (Lipinski definition) is 1. The normalized spacial score (nSPS) is 10.8. The standard InChI is InChI=1S/C22H18F2N2O2/c23-18-6-4-17(21(24)15-18)5-7-22(27)26-13-8-16-2-1-3-20(14-16)28-19-9-11-25-12-10-19/h1-7,9-12,14-15H,8,13H2,(H,26,27). The van der Waals surface area contributed by atoms with E-state index < -0.39 is 11.6 Å². The first-order chi connectivity index (χ1) is 13.6. The molecule has 0 aliphatic heterocycles. The fraction of sp³-hybridized carbons (Fsp3) is 0.0909. The van der Waals surface area contributed by atoms with Crippen LogP contribution in [-0.4, -0.2) is 17.4 Å². The van der Waals surface area contributed by atoms with Crippen molar-refractivity contribution in [2.24, 2.45) is 0 Å². The molecule has 0 radical (unpaired) electrons. The Kier molecular flexibility index (Phi) is 6.46. The third-order valence-corrected chi connectivity index (χ3v) is 3.87. The van der Waals surface area contributed by atoms with Crippen molar-refractivity contribution in [2.75, 3.05) is 6.54 Å². The van der Waals surface area contributed by atoms with Crippen molar-refractivity contribution in [3.63, 3.8) is 0 Å². The lowest BCUT2D eigenvalue weighted by molar-refractivity contribution is -0.116. The molecular weight excluding hydrogens is 362 g/mol. The van der Waals surface area contributed by atoms with Gasteiger partial charge in [0.05, 0.1) is 0 Å². The summed E-state index contributed by atoms with van der Waals surface area (Å²) in [5.41, 5.74) is 1.15. The minimum Gasteiger partial charge on any atom is -0.457 e. The number of aromatic nitrogens is 1. The molecule has 0 saturated carbocycles. The Bertz CT molecular complexity index is 975. The van der Waals surface area contributed by atoms with Crippen molar-refractivity contribution in [3.8, 4) is 11.5 Å². The van der Waals surface area contributed by atoms with Gasteiger partial charge in [-0.25, -0.2) is 8.78 Å². The Morgan fingerprint density at radius 2 is 1.86 bits per heavy atom. The van der Waals surface area contributed by atoms with Crippen molar-refractivity contribution < 1.29 is 18.3 Å². The van der Waals surface area contributed by atoms with Gasteiger partial charge in [0.25, 0.3) is 0 Å². The fourth-order valence-corrected chi connectivity index (χ4v) is 2.50. The second kappa shape index (κ2) is 9.41. The molecule has 0 bridgehead atoms. The zero-order valence-corrected chi connectivity index (χ0v) is 14.9. The van der Waals surface area contributed by atoms with Gasteiger partial charge in [0.2, 0.25) is 5.91 Å². The number of carbonyl (C=O) groups excluding carboxylic acids is 1. The van der Waals surface area contributed by atoms with E-state index in [0.717, 1.165) is 17.7 Å². The van der Waals surface area contributed by atoms with Crippen LogP contribution in [0.2, 0.25) is 0 Å². The third kappa shape index (κ3) is 5.74. The summed E-state index contributed by atoms with van der Waals surface area (Å²) in [5, 5.41) is 2.73. The molecule has 1 heterocycles. The predicted octanol–water partition coefficient (Wildman–Crippen LogP) is 4.52. The van der Waals surface area contributed by atoms with E-state index in [1.165, 1.54) is 18.2 Å². The topological polar surface area (TPSA) is 51.2 Å². The first-order valence-electron chi connectivity index (χ1n) is 8.68. The Morgan fingerprint density at radius 3 is 2.64 bits per heavy atom. The smallest absolute Gasteiger partial charge is 0.244 e. The molecule has 0 aliphatic rings. The Balaban J connectivity index is 1.50. The molecule has 3 aromatic rings. The Hall–Kier alpha value is -3.54. The minimum atomic E-state index is -0.713. The molecule has 1 aromatic heterocycles. The number of halogens is 2. The van der Waals surface area contributed by atoms with Gasteiger partial charge >= 0.3 is 0 Å². The summed E-state index contributed by atoms with van der Waals surface area (Å²) in [5.74, 6) is -0.336. The number of nitrogens with one attached hydrogen (secondary N) is 1. The molecule has 3 rings (SSSR count). The van der Waals surface area contributed by atoms with Gasteiger partial charge in [-0.2, -0.15) is 0 Å². The molecule has 4 nitrogen and oxygen atoms in total. The number of hydrogen-bond acceptors (Lipinski definition) is 3. The number of amides is 1. The lowest BCUT2D eigenvalue weighted by Gasteiger charge is -2.08. The van der Waals surface area contributed by atoms with Crippen molar-refractivity contribution >= 4 is 12.0 Å². The maximum absolute atomic E-state index is 13.5. The lowest BCUT2D eigenvalue weighted by atomic mass is 10.1. The van der Waals surface area contributed by atoms with Crippen LogP contribution in [-0.2, 0) is 11.2 Å². The van der Waals surface area contributed by atoms with Crippen LogP contribution in [0.15, 0.2) is 73.1 Å². The lowest BCUT2D eigenvalue weighted by Crippen LogP contribution is -2.23. The van der Waals surface area contributed by atoms with Gasteiger partial charge in [-0.15, -0.1) is 0 Å². The molecule has 2 aromatic carbocycles. The first-order valence-corrected chi connectivity index (χ1v) is 8.68.